The van der Waals surface area contributed by atoms with Crippen LogP contribution in [0.25, 0.3) is 0 Å². The van der Waals surface area contributed by atoms with Gasteiger partial charge in [-0.25, -0.2) is 4.79 Å². The fraction of sp³-hybridized carbons (Fsp3) is 0.533. The van der Waals surface area contributed by atoms with Crippen molar-refractivity contribution in [3.63, 3.8) is 0 Å². The van der Waals surface area contributed by atoms with Gasteiger partial charge < -0.3 is 14.6 Å². The molecule has 0 aliphatic carbocycles. The van der Waals surface area contributed by atoms with Gasteiger partial charge in [-0.3, -0.25) is 0 Å². The van der Waals surface area contributed by atoms with E-state index in [1.807, 2.05) is 26.8 Å². The first kappa shape index (κ1) is 14.0. The van der Waals surface area contributed by atoms with Crippen molar-refractivity contribution in [1.82, 2.24) is 0 Å². The number of hydrogen-bond acceptors (Lipinski definition) is 4. The fourth-order valence-electron chi connectivity index (χ4n) is 2.16. The van der Waals surface area contributed by atoms with E-state index >= 15 is 0 Å². The van der Waals surface area contributed by atoms with Crippen molar-refractivity contribution in [2.24, 2.45) is 11.3 Å². The summed E-state index contributed by atoms with van der Waals surface area (Å²) in [6.45, 7) is 6.05. The van der Waals surface area contributed by atoms with E-state index < -0.39 is 6.29 Å². The van der Waals surface area contributed by atoms with E-state index in [9.17, 15) is 9.90 Å². The first-order chi connectivity index (χ1) is 8.93. The van der Waals surface area contributed by atoms with Crippen molar-refractivity contribution in [2.45, 2.75) is 33.2 Å². The quantitative estimate of drug-likeness (QED) is 0.850. The highest BCUT2D eigenvalue weighted by Gasteiger charge is 2.47. The Kier molecular flexibility index (Phi) is 3.92. The van der Waals surface area contributed by atoms with Crippen molar-refractivity contribution in [1.29, 1.82) is 0 Å². The van der Waals surface area contributed by atoms with Gasteiger partial charge in [0.1, 0.15) is 6.61 Å². The third-order valence-corrected chi connectivity index (χ3v) is 4.06. The minimum Gasteiger partial charge on any atom is -0.459 e. The second kappa shape index (κ2) is 5.31. The first-order valence-corrected chi connectivity index (χ1v) is 6.48. The molecule has 1 aromatic rings. The second-order valence-electron chi connectivity index (χ2n) is 5.60. The zero-order valence-corrected chi connectivity index (χ0v) is 11.5. The van der Waals surface area contributed by atoms with Gasteiger partial charge in [-0.1, -0.05) is 39.0 Å². The van der Waals surface area contributed by atoms with Gasteiger partial charge in [0.25, 0.3) is 0 Å². The maximum atomic E-state index is 11.8. The van der Waals surface area contributed by atoms with Crippen molar-refractivity contribution in [3.05, 3.63) is 35.9 Å². The number of rotatable bonds is 3. The van der Waals surface area contributed by atoms with Crippen molar-refractivity contribution >= 4 is 5.97 Å². The third-order valence-electron chi connectivity index (χ3n) is 4.06. The molecule has 19 heavy (non-hydrogen) atoms. The molecule has 4 nitrogen and oxygen atoms in total. The van der Waals surface area contributed by atoms with Crippen LogP contribution in [0, 0.1) is 11.3 Å². The summed E-state index contributed by atoms with van der Waals surface area (Å²) >= 11 is 0. The number of ether oxygens (including phenoxy) is 2. The lowest BCUT2D eigenvalue weighted by Gasteiger charge is -2.25. The SMILES string of the molecule is CC1C(COC(=O)c2ccccc2)OC(O)C1(C)C. The minimum absolute atomic E-state index is 0.117. The lowest BCUT2D eigenvalue weighted by Crippen LogP contribution is -2.30. The molecule has 104 valence electrons. The maximum Gasteiger partial charge on any atom is 0.338 e. The summed E-state index contributed by atoms with van der Waals surface area (Å²) in [6.07, 6.45) is -1.08. The highest BCUT2D eigenvalue weighted by atomic mass is 16.6. The molecule has 4 heteroatoms. The second-order valence-corrected chi connectivity index (χ2v) is 5.60. The summed E-state index contributed by atoms with van der Waals surface area (Å²) in [5.74, 6) is -0.248. The molecule has 1 heterocycles. The number of aliphatic hydroxyl groups excluding tert-OH is 1. The molecule has 0 amide bonds. The van der Waals surface area contributed by atoms with Crippen LogP contribution in [0.4, 0.5) is 0 Å². The van der Waals surface area contributed by atoms with Crippen LogP contribution in [0.15, 0.2) is 30.3 Å². The molecular weight excluding hydrogens is 244 g/mol. The van der Waals surface area contributed by atoms with E-state index in [1.165, 1.54) is 0 Å². The lowest BCUT2D eigenvalue weighted by atomic mass is 9.79. The lowest BCUT2D eigenvalue weighted by molar-refractivity contribution is -0.134. The third kappa shape index (κ3) is 2.80. The standard InChI is InChI=1S/C15H20O4/c1-10-12(19-14(17)15(10,2)3)9-18-13(16)11-7-5-4-6-8-11/h4-8,10,12,14,17H,9H2,1-3H3. The maximum absolute atomic E-state index is 11.8. The normalized spacial score (nSPS) is 29.2. The highest BCUT2D eigenvalue weighted by molar-refractivity contribution is 5.89. The van der Waals surface area contributed by atoms with Crippen molar-refractivity contribution in [3.8, 4) is 0 Å². The van der Waals surface area contributed by atoms with Crippen LogP contribution in [-0.2, 0) is 9.47 Å². The average molecular weight is 264 g/mol. The van der Waals surface area contributed by atoms with E-state index in [0.717, 1.165) is 0 Å². The zero-order valence-electron chi connectivity index (χ0n) is 11.5. The zero-order chi connectivity index (χ0) is 14.0. The molecule has 0 bridgehead atoms. The van der Waals surface area contributed by atoms with Crippen LogP contribution in [0.1, 0.15) is 31.1 Å². The van der Waals surface area contributed by atoms with Gasteiger partial charge in [0.2, 0.25) is 0 Å². The van der Waals surface area contributed by atoms with Crippen molar-refractivity contribution in [2.75, 3.05) is 6.61 Å². The molecule has 1 aliphatic heterocycles. The van der Waals surface area contributed by atoms with E-state index in [0.29, 0.717) is 5.56 Å². The first-order valence-electron chi connectivity index (χ1n) is 6.48. The molecule has 1 fully saturated rings. The predicted octanol–water partition coefficient (Wildman–Crippen LogP) is 2.22. The van der Waals surface area contributed by atoms with Crippen LogP contribution >= 0.6 is 0 Å². The summed E-state index contributed by atoms with van der Waals surface area (Å²) in [5.41, 5.74) is 0.192. The van der Waals surface area contributed by atoms with Gasteiger partial charge in [0.15, 0.2) is 6.29 Å². The monoisotopic (exact) mass is 264 g/mol. The Morgan fingerprint density at radius 2 is 2.00 bits per heavy atom. The Morgan fingerprint density at radius 1 is 1.37 bits per heavy atom. The predicted molar refractivity (Wildman–Crippen MR) is 70.5 cm³/mol. The van der Waals surface area contributed by atoms with Crippen molar-refractivity contribution < 1.29 is 19.4 Å². The van der Waals surface area contributed by atoms with Crippen LogP contribution in [0.2, 0.25) is 0 Å². The van der Waals surface area contributed by atoms with Gasteiger partial charge in [-0.2, -0.15) is 0 Å². The molecule has 3 unspecified atom stereocenters. The van der Waals surface area contributed by atoms with Crippen LogP contribution < -0.4 is 0 Å². The Balaban J connectivity index is 1.92. The van der Waals surface area contributed by atoms with Crippen LogP contribution in [0.5, 0.6) is 0 Å². The van der Waals surface area contributed by atoms with Crippen LogP contribution in [-0.4, -0.2) is 30.1 Å². The van der Waals surface area contributed by atoms with E-state index in [1.54, 1.807) is 24.3 Å². The Labute approximate surface area is 113 Å². The Bertz CT molecular complexity index is 441. The number of benzene rings is 1. The molecule has 1 aromatic carbocycles. The van der Waals surface area contributed by atoms with Gasteiger partial charge in [0.05, 0.1) is 11.7 Å². The number of hydrogen-bond donors (Lipinski definition) is 1. The van der Waals surface area contributed by atoms with Gasteiger partial charge in [-0.05, 0) is 18.1 Å². The molecular formula is C15H20O4. The summed E-state index contributed by atoms with van der Waals surface area (Å²) in [6, 6.07) is 8.84. The average Bonchev–Trinajstić information content (AvgIpc) is 2.60. The summed E-state index contributed by atoms with van der Waals surface area (Å²) in [4.78, 5) is 11.8. The van der Waals surface area contributed by atoms with E-state index in [-0.39, 0.29) is 30.0 Å². The number of aliphatic hydroxyl groups is 1. The fourth-order valence-corrected chi connectivity index (χ4v) is 2.16. The molecule has 3 atom stereocenters. The molecule has 2 rings (SSSR count). The Morgan fingerprint density at radius 3 is 2.53 bits per heavy atom. The van der Waals surface area contributed by atoms with Gasteiger partial charge in [-0.15, -0.1) is 0 Å². The minimum atomic E-state index is -0.817. The summed E-state index contributed by atoms with van der Waals surface area (Å²) in [5, 5.41) is 9.82. The molecule has 1 saturated heterocycles. The smallest absolute Gasteiger partial charge is 0.338 e. The van der Waals surface area contributed by atoms with Gasteiger partial charge in [0, 0.05) is 5.41 Å². The number of esters is 1. The molecule has 1 N–H and O–H groups in total. The van der Waals surface area contributed by atoms with Crippen LogP contribution in [0.3, 0.4) is 0 Å². The molecule has 0 aromatic heterocycles. The molecule has 1 aliphatic rings. The summed E-state index contributed by atoms with van der Waals surface area (Å²) < 4.78 is 10.7. The van der Waals surface area contributed by atoms with E-state index in [2.05, 4.69) is 0 Å². The topological polar surface area (TPSA) is 55.8 Å². The molecule has 0 radical (unpaired) electrons. The van der Waals surface area contributed by atoms with E-state index in [4.69, 9.17) is 9.47 Å². The summed E-state index contributed by atoms with van der Waals surface area (Å²) in [7, 11) is 0. The Hall–Kier alpha value is -1.39. The van der Waals surface area contributed by atoms with Gasteiger partial charge >= 0.3 is 5.97 Å². The molecule has 0 saturated carbocycles. The number of carbonyl (C=O) groups is 1. The largest absolute Gasteiger partial charge is 0.459 e. The number of carbonyl (C=O) groups excluding carboxylic acids is 1. The molecule has 0 spiro atoms. The highest BCUT2D eigenvalue weighted by Crippen LogP contribution is 2.41.